The number of rotatable bonds is 5. The number of thioether (sulfide) groups is 2. The lowest BCUT2D eigenvalue weighted by Gasteiger charge is -2.05. The summed E-state index contributed by atoms with van der Waals surface area (Å²) in [5.41, 5.74) is 0. The Kier molecular flexibility index (Phi) is 4.92. The van der Waals surface area contributed by atoms with Crippen molar-refractivity contribution >= 4 is 29.5 Å². The molecule has 70 valence electrons. The normalized spacial score (nSPS) is 18.3. The monoisotopic (exact) mass is 206 g/mol. The van der Waals surface area contributed by atoms with E-state index in [1.165, 1.54) is 17.9 Å². The third kappa shape index (κ3) is 4.26. The minimum atomic E-state index is -0.665. The van der Waals surface area contributed by atoms with E-state index in [1.807, 2.05) is 23.5 Å². The molecule has 12 heavy (non-hydrogen) atoms. The molecule has 1 aliphatic heterocycles. The fraction of sp³-hybridized carbons (Fsp3) is 0.875. The van der Waals surface area contributed by atoms with Gasteiger partial charge in [0, 0.05) is 17.9 Å². The molecule has 0 saturated carbocycles. The number of carboxylic acid groups (broad SMARTS) is 1. The van der Waals surface area contributed by atoms with Crippen molar-refractivity contribution in [2.24, 2.45) is 0 Å². The topological polar surface area (TPSA) is 37.3 Å². The molecule has 1 heterocycles. The van der Waals surface area contributed by atoms with Crippen molar-refractivity contribution in [2.75, 3.05) is 11.5 Å². The molecule has 1 aliphatic rings. The van der Waals surface area contributed by atoms with Gasteiger partial charge in [-0.15, -0.1) is 23.5 Å². The van der Waals surface area contributed by atoms with Crippen molar-refractivity contribution in [1.82, 2.24) is 0 Å². The van der Waals surface area contributed by atoms with Crippen LogP contribution in [0, 0.1) is 0 Å². The highest BCUT2D eigenvalue weighted by Gasteiger charge is 2.15. The molecule has 1 rings (SSSR count). The summed E-state index contributed by atoms with van der Waals surface area (Å²) in [6, 6.07) is 0. The summed E-state index contributed by atoms with van der Waals surface area (Å²) in [4.78, 5) is 10.2. The molecule has 1 saturated heterocycles. The third-order valence-corrected chi connectivity index (χ3v) is 4.94. The average Bonchev–Trinajstić information content (AvgIpc) is 2.49. The minimum absolute atomic E-state index is 0.335. The molecule has 0 aromatic heterocycles. The number of unbranched alkanes of at least 4 members (excludes halogenated alkanes) is 1. The maximum absolute atomic E-state index is 10.2. The van der Waals surface area contributed by atoms with Crippen LogP contribution in [0.3, 0.4) is 0 Å². The van der Waals surface area contributed by atoms with Crippen molar-refractivity contribution < 1.29 is 9.90 Å². The Morgan fingerprint density at radius 1 is 1.33 bits per heavy atom. The van der Waals surface area contributed by atoms with Crippen LogP contribution in [-0.4, -0.2) is 27.2 Å². The van der Waals surface area contributed by atoms with Gasteiger partial charge in [-0.1, -0.05) is 6.42 Å². The first-order valence-electron chi connectivity index (χ1n) is 4.24. The van der Waals surface area contributed by atoms with Gasteiger partial charge in [0.15, 0.2) is 0 Å². The summed E-state index contributed by atoms with van der Waals surface area (Å²) in [5, 5.41) is 8.40. The lowest BCUT2D eigenvalue weighted by molar-refractivity contribution is -0.137. The van der Waals surface area contributed by atoms with Crippen LogP contribution in [-0.2, 0) is 4.79 Å². The molecule has 0 amide bonds. The van der Waals surface area contributed by atoms with Crippen LogP contribution >= 0.6 is 23.5 Å². The molecule has 0 aromatic carbocycles. The van der Waals surface area contributed by atoms with E-state index in [1.54, 1.807) is 0 Å². The molecule has 0 aromatic rings. The first-order valence-corrected chi connectivity index (χ1v) is 6.34. The predicted molar refractivity (Wildman–Crippen MR) is 54.8 cm³/mol. The highest BCUT2D eigenvalue weighted by molar-refractivity contribution is 8.20. The van der Waals surface area contributed by atoms with Crippen molar-refractivity contribution in [3.63, 3.8) is 0 Å². The van der Waals surface area contributed by atoms with Crippen molar-refractivity contribution in [3.05, 3.63) is 0 Å². The first kappa shape index (κ1) is 10.3. The highest BCUT2D eigenvalue weighted by atomic mass is 32.2. The summed E-state index contributed by atoms with van der Waals surface area (Å²) in [5.74, 6) is 1.88. The van der Waals surface area contributed by atoms with Gasteiger partial charge in [-0.3, -0.25) is 4.79 Å². The molecule has 0 unspecified atom stereocenters. The summed E-state index contributed by atoms with van der Waals surface area (Å²) in [6.07, 6.45) is 3.43. The van der Waals surface area contributed by atoms with Gasteiger partial charge in [-0.05, 0) is 12.8 Å². The molecule has 0 spiro atoms. The highest BCUT2D eigenvalue weighted by Crippen LogP contribution is 2.35. The third-order valence-electron chi connectivity index (χ3n) is 1.77. The van der Waals surface area contributed by atoms with Crippen molar-refractivity contribution in [1.29, 1.82) is 0 Å². The van der Waals surface area contributed by atoms with E-state index in [2.05, 4.69) is 0 Å². The molecule has 0 radical (unpaired) electrons. The number of carbonyl (C=O) groups is 1. The Labute approximate surface area is 81.5 Å². The maximum Gasteiger partial charge on any atom is 0.303 e. The number of hydrogen-bond acceptors (Lipinski definition) is 3. The van der Waals surface area contributed by atoms with Gasteiger partial charge in [0.05, 0.1) is 4.58 Å². The van der Waals surface area contributed by atoms with Gasteiger partial charge in [-0.25, -0.2) is 0 Å². The Morgan fingerprint density at radius 2 is 2.00 bits per heavy atom. The SMILES string of the molecule is O=C(O)CCCCC1SCCS1. The van der Waals surface area contributed by atoms with Crippen LogP contribution < -0.4 is 0 Å². The van der Waals surface area contributed by atoms with Gasteiger partial charge >= 0.3 is 5.97 Å². The van der Waals surface area contributed by atoms with E-state index < -0.39 is 5.97 Å². The number of aliphatic carboxylic acids is 1. The number of hydrogen-bond donors (Lipinski definition) is 1. The van der Waals surface area contributed by atoms with E-state index >= 15 is 0 Å². The molecule has 4 heteroatoms. The largest absolute Gasteiger partial charge is 0.481 e. The molecule has 0 atom stereocenters. The van der Waals surface area contributed by atoms with Gasteiger partial charge in [0.2, 0.25) is 0 Å². The zero-order valence-electron chi connectivity index (χ0n) is 6.99. The summed E-state index contributed by atoms with van der Waals surface area (Å²) >= 11 is 4.03. The smallest absolute Gasteiger partial charge is 0.303 e. The molecule has 2 nitrogen and oxygen atoms in total. The molecular weight excluding hydrogens is 192 g/mol. The minimum Gasteiger partial charge on any atom is -0.481 e. The van der Waals surface area contributed by atoms with Crippen LogP contribution in [0.25, 0.3) is 0 Å². The molecule has 0 bridgehead atoms. The van der Waals surface area contributed by atoms with Gasteiger partial charge < -0.3 is 5.11 Å². The quantitative estimate of drug-likeness (QED) is 0.701. The fourth-order valence-corrected chi connectivity index (χ4v) is 4.09. The van der Waals surface area contributed by atoms with E-state index in [-0.39, 0.29) is 0 Å². The van der Waals surface area contributed by atoms with E-state index in [4.69, 9.17) is 5.11 Å². The Balaban J connectivity index is 1.91. The van der Waals surface area contributed by atoms with E-state index in [0.717, 1.165) is 17.4 Å². The summed E-state index contributed by atoms with van der Waals surface area (Å²) < 4.78 is 0.749. The van der Waals surface area contributed by atoms with E-state index in [0.29, 0.717) is 6.42 Å². The number of carboxylic acids is 1. The molecule has 1 fully saturated rings. The zero-order valence-corrected chi connectivity index (χ0v) is 8.62. The Morgan fingerprint density at radius 3 is 2.58 bits per heavy atom. The van der Waals surface area contributed by atoms with Crippen LogP contribution in [0.1, 0.15) is 25.7 Å². The molecule has 1 N–H and O–H groups in total. The van der Waals surface area contributed by atoms with Gasteiger partial charge in [0.1, 0.15) is 0 Å². The van der Waals surface area contributed by atoms with Crippen molar-refractivity contribution in [3.8, 4) is 0 Å². The van der Waals surface area contributed by atoms with Crippen LogP contribution in [0.15, 0.2) is 0 Å². The lowest BCUT2D eigenvalue weighted by atomic mass is 10.2. The summed E-state index contributed by atoms with van der Waals surface area (Å²) in [6.45, 7) is 0. The van der Waals surface area contributed by atoms with Gasteiger partial charge in [-0.2, -0.15) is 0 Å². The molecular formula is C8H14O2S2. The average molecular weight is 206 g/mol. The first-order chi connectivity index (χ1) is 5.79. The van der Waals surface area contributed by atoms with E-state index in [9.17, 15) is 4.79 Å². The maximum atomic E-state index is 10.2. The molecule has 0 aliphatic carbocycles. The lowest BCUT2D eigenvalue weighted by Crippen LogP contribution is -1.96. The second-order valence-electron chi connectivity index (χ2n) is 2.81. The second kappa shape index (κ2) is 5.75. The predicted octanol–water partition coefficient (Wildman–Crippen LogP) is 2.44. The second-order valence-corrected chi connectivity index (χ2v) is 5.73. The fourth-order valence-electron chi connectivity index (χ4n) is 1.16. The van der Waals surface area contributed by atoms with Crippen molar-refractivity contribution in [2.45, 2.75) is 30.3 Å². The van der Waals surface area contributed by atoms with Crippen LogP contribution in [0.2, 0.25) is 0 Å². The van der Waals surface area contributed by atoms with Crippen LogP contribution in [0.4, 0.5) is 0 Å². The van der Waals surface area contributed by atoms with Gasteiger partial charge in [0.25, 0.3) is 0 Å². The Bertz CT molecular complexity index is 144. The van der Waals surface area contributed by atoms with Crippen LogP contribution in [0.5, 0.6) is 0 Å². The summed E-state index contributed by atoms with van der Waals surface area (Å²) in [7, 11) is 0. The Hall–Kier alpha value is 0.170. The standard InChI is InChI=1S/C8H14O2S2/c9-7(10)3-1-2-4-8-11-5-6-12-8/h8H,1-6H2,(H,9,10). The zero-order chi connectivity index (χ0) is 8.81.